The van der Waals surface area contributed by atoms with Crippen LogP contribution in [0.1, 0.15) is 5.56 Å². The van der Waals surface area contributed by atoms with Gasteiger partial charge in [0.15, 0.2) is 0 Å². The molecule has 0 spiro atoms. The molecule has 1 aliphatic rings. The Hall–Kier alpha value is -1.60. The van der Waals surface area contributed by atoms with E-state index < -0.39 is 22.5 Å². The van der Waals surface area contributed by atoms with Gasteiger partial charge in [-0.05, 0) is 30.2 Å². The monoisotopic (exact) mass is 256 g/mol. The van der Waals surface area contributed by atoms with Crippen LogP contribution < -0.4 is 10.0 Å². The Morgan fingerprint density at radius 2 is 2.24 bits per heavy atom. The van der Waals surface area contributed by atoms with Crippen molar-refractivity contribution in [1.82, 2.24) is 4.72 Å². The van der Waals surface area contributed by atoms with E-state index in [1.165, 1.54) is 6.07 Å². The molecule has 0 radical (unpaired) electrons. The summed E-state index contributed by atoms with van der Waals surface area (Å²) in [6.45, 7) is 0.180. The number of fused-ring (bicyclic) bond motifs is 1. The lowest BCUT2D eigenvalue weighted by molar-refractivity contribution is -0.135. The van der Waals surface area contributed by atoms with Crippen molar-refractivity contribution in [3.63, 3.8) is 0 Å². The molecule has 2 rings (SSSR count). The van der Waals surface area contributed by atoms with Gasteiger partial charge in [0.1, 0.15) is 6.54 Å². The summed E-state index contributed by atoms with van der Waals surface area (Å²) in [4.78, 5) is 10.4. The van der Waals surface area contributed by atoms with E-state index in [0.29, 0.717) is 0 Å². The number of rotatable bonds is 4. The van der Waals surface area contributed by atoms with Crippen molar-refractivity contribution < 1.29 is 18.3 Å². The second-order valence-corrected chi connectivity index (χ2v) is 5.48. The Kier molecular flexibility index (Phi) is 3.03. The van der Waals surface area contributed by atoms with Gasteiger partial charge in [0.05, 0.1) is 4.90 Å². The van der Waals surface area contributed by atoms with Crippen LogP contribution in [-0.2, 0) is 21.2 Å². The Labute approximate surface area is 98.7 Å². The molecular weight excluding hydrogens is 244 g/mol. The van der Waals surface area contributed by atoms with E-state index in [0.717, 1.165) is 24.2 Å². The van der Waals surface area contributed by atoms with Crippen molar-refractivity contribution in [3.05, 3.63) is 23.8 Å². The zero-order valence-electron chi connectivity index (χ0n) is 8.93. The van der Waals surface area contributed by atoms with Gasteiger partial charge in [-0.15, -0.1) is 0 Å². The number of anilines is 1. The standard InChI is InChI=1S/C10H12N2O4S/c13-10(14)6-12-17(15,16)8-1-2-9-7(5-8)3-4-11-9/h1-2,5,11-12H,3-4,6H2,(H,13,14). The lowest BCUT2D eigenvalue weighted by atomic mass is 10.2. The Balaban J connectivity index is 2.24. The van der Waals surface area contributed by atoms with E-state index >= 15 is 0 Å². The van der Waals surface area contributed by atoms with Gasteiger partial charge in [0.2, 0.25) is 10.0 Å². The van der Waals surface area contributed by atoms with Gasteiger partial charge in [-0.2, -0.15) is 4.72 Å². The van der Waals surface area contributed by atoms with Crippen LogP contribution in [0, 0.1) is 0 Å². The molecule has 17 heavy (non-hydrogen) atoms. The van der Waals surface area contributed by atoms with Crippen LogP contribution in [0.4, 0.5) is 5.69 Å². The van der Waals surface area contributed by atoms with Gasteiger partial charge in [0, 0.05) is 12.2 Å². The van der Waals surface area contributed by atoms with E-state index in [4.69, 9.17) is 5.11 Å². The van der Waals surface area contributed by atoms with Crippen LogP contribution in [0.5, 0.6) is 0 Å². The first-order valence-electron chi connectivity index (χ1n) is 5.07. The highest BCUT2D eigenvalue weighted by atomic mass is 32.2. The molecular formula is C10H12N2O4S. The third-order valence-electron chi connectivity index (χ3n) is 2.51. The minimum absolute atomic E-state index is 0.0983. The second-order valence-electron chi connectivity index (χ2n) is 3.71. The third kappa shape index (κ3) is 2.56. The number of carbonyl (C=O) groups is 1. The first-order valence-corrected chi connectivity index (χ1v) is 6.55. The topological polar surface area (TPSA) is 95.5 Å². The predicted molar refractivity (Wildman–Crippen MR) is 61.5 cm³/mol. The van der Waals surface area contributed by atoms with Crippen LogP contribution in [0.15, 0.2) is 23.1 Å². The zero-order chi connectivity index (χ0) is 12.5. The fourth-order valence-corrected chi connectivity index (χ4v) is 2.71. The molecule has 6 nitrogen and oxygen atoms in total. The average Bonchev–Trinajstić information content (AvgIpc) is 2.73. The summed E-state index contributed by atoms with van der Waals surface area (Å²) in [7, 11) is -3.74. The molecule has 0 atom stereocenters. The van der Waals surface area contributed by atoms with E-state index in [-0.39, 0.29) is 4.90 Å². The summed E-state index contributed by atoms with van der Waals surface area (Å²) in [6, 6.07) is 4.72. The highest BCUT2D eigenvalue weighted by Crippen LogP contribution is 2.24. The van der Waals surface area contributed by atoms with Gasteiger partial charge in [-0.1, -0.05) is 0 Å². The van der Waals surface area contributed by atoms with Crippen molar-refractivity contribution in [1.29, 1.82) is 0 Å². The SMILES string of the molecule is O=C(O)CNS(=O)(=O)c1ccc2c(c1)CCN2. The molecule has 0 fully saturated rings. The number of sulfonamides is 1. The van der Waals surface area contributed by atoms with Crippen LogP contribution in [0.3, 0.4) is 0 Å². The number of hydrogen-bond donors (Lipinski definition) is 3. The van der Waals surface area contributed by atoms with Gasteiger partial charge < -0.3 is 10.4 Å². The lowest BCUT2D eigenvalue weighted by Crippen LogP contribution is -2.29. The molecule has 7 heteroatoms. The molecule has 0 amide bonds. The van der Waals surface area contributed by atoms with E-state index in [9.17, 15) is 13.2 Å². The molecule has 92 valence electrons. The number of benzene rings is 1. The maximum absolute atomic E-state index is 11.7. The summed E-state index contributed by atoms with van der Waals surface area (Å²) < 4.78 is 25.5. The van der Waals surface area contributed by atoms with Crippen molar-refractivity contribution in [3.8, 4) is 0 Å². The molecule has 0 aliphatic carbocycles. The van der Waals surface area contributed by atoms with Gasteiger partial charge in [-0.3, -0.25) is 4.79 Å². The van der Waals surface area contributed by atoms with Crippen LogP contribution in [0.25, 0.3) is 0 Å². The van der Waals surface area contributed by atoms with E-state index in [1.807, 2.05) is 4.72 Å². The third-order valence-corrected chi connectivity index (χ3v) is 3.91. The highest BCUT2D eigenvalue weighted by molar-refractivity contribution is 7.89. The number of carboxylic acids is 1. The minimum atomic E-state index is -3.74. The van der Waals surface area contributed by atoms with Crippen molar-refractivity contribution in [2.75, 3.05) is 18.4 Å². The molecule has 0 aromatic heterocycles. The number of hydrogen-bond acceptors (Lipinski definition) is 4. The summed E-state index contributed by atoms with van der Waals surface area (Å²) in [6.07, 6.45) is 0.775. The fourth-order valence-electron chi connectivity index (χ4n) is 1.69. The second kappa shape index (κ2) is 4.34. The van der Waals surface area contributed by atoms with E-state index in [2.05, 4.69) is 5.32 Å². The summed E-state index contributed by atoms with van der Waals surface area (Å²) in [5.41, 5.74) is 1.87. The molecule has 0 unspecified atom stereocenters. The predicted octanol–water partition coefficient (Wildman–Crippen LogP) is 0.0175. The highest BCUT2D eigenvalue weighted by Gasteiger charge is 2.18. The first kappa shape index (κ1) is 11.9. The van der Waals surface area contributed by atoms with Gasteiger partial charge in [0.25, 0.3) is 0 Å². The summed E-state index contributed by atoms with van der Waals surface area (Å²) in [5.74, 6) is -1.21. The smallest absolute Gasteiger partial charge is 0.318 e. The van der Waals surface area contributed by atoms with Crippen LogP contribution in [-0.4, -0.2) is 32.6 Å². The molecule has 3 N–H and O–H groups in total. The molecule has 1 aromatic rings. The fraction of sp³-hybridized carbons (Fsp3) is 0.300. The molecule has 0 saturated carbocycles. The number of nitrogens with one attached hydrogen (secondary N) is 2. The largest absolute Gasteiger partial charge is 0.480 e. The van der Waals surface area contributed by atoms with Crippen molar-refractivity contribution >= 4 is 21.7 Å². The molecule has 1 aliphatic heterocycles. The maximum Gasteiger partial charge on any atom is 0.318 e. The van der Waals surface area contributed by atoms with Crippen LogP contribution in [0.2, 0.25) is 0 Å². The van der Waals surface area contributed by atoms with E-state index in [1.54, 1.807) is 12.1 Å². The molecule has 0 bridgehead atoms. The van der Waals surface area contributed by atoms with Gasteiger partial charge >= 0.3 is 5.97 Å². The Morgan fingerprint density at radius 3 is 2.94 bits per heavy atom. The Bertz CT molecular complexity index is 553. The maximum atomic E-state index is 11.7. The number of aliphatic carboxylic acids is 1. The Morgan fingerprint density at radius 1 is 1.47 bits per heavy atom. The van der Waals surface area contributed by atoms with Crippen molar-refractivity contribution in [2.24, 2.45) is 0 Å². The summed E-state index contributed by atoms with van der Waals surface area (Å²) in [5, 5.41) is 11.6. The van der Waals surface area contributed by atoms with Crippen LogP contribution >= 0.6 is 0 Å². The quantitative estimate of drug-likeness (QED) is 0.705. The van der Waals surface area contributed by atoms with Gasteiger partial charge in [-0.25, -0.2) is 8.42 Å². The lowest BCUT2D eigenvalue weighted by Gasteiger charge is -2.06. The molecule has 1 aromatic carbocycles. The molecule has 0 saturated heterocycles. The minimum Gasteiger partial charge on any atom is -0.480 e. The average molecular weight is 256 g/mol. The number of carboxylic acid groups (broad SMARTS) is 1. The normalized spacial score (nSPS) is 14.1. The first-order chi connectivity index (χ1) is 7.99. The zero-order valence-corrected chi connectivity index (χ0v) is 9.75. The summed E-state index contributed by atoms with van der Waals surface area (Å²) >= 11 is 0. The van der Waals surface area contributed by atoms with Crippen molar-refractivity contribution in [2.45, 2.75) is 11.3 Å². The molecule has 1 heterocycles.